The summed E-state index contributed by atoms with van der Waals surface area (Å²) in [5.41, 5.74) is 2.67. The van der Waals surface area contributed by atoms with Gasteiger partial charge in [0.15, 0.2) is 0 Å². The van der Waals surface area contributed by atoms with Crippen molar-refractivity contribution in [2.24, 2.45) is 0 Å². The average Bonchev–Trinajstić information content (AvgIpc) is 2.67. The third kappa shape index (κ3) is 2.08. The van der Waals surface area contributed by atoms with E-state index in [1.165, 1.54) is 36.0 Å². The number of likely N-dealkylation sites (N-methyl/N-ethyl adjacent to an activating group) is 1. The van der Waals surface area contributed by atoms with E-state index in [9.17, 15) is 0 Å². The molecule has 1 fully saturated rings. The predicted molar refractivity (Wildman–Crippen MR) is 70.8 cm³/mol. The molecule has 1 N–H and O–H groups in total. The Morgan fingerprint density at radius 2 is 2.12 bits per heavy atom. The van der Waals surface area contributed by atoms with Crippen LogP contribution in [0.15, 0.2) is 30.5 Å². The molecule has 0 saturated carbocycles. The van der Waals surface area contributed by atoms with Gasteiger partial charge in [0.05, 0.1) is 0 Å². The molecule has 3 heteroatoms. The number of aromatic amines is 1. The van der Waals surface area contributed by atoms with Crippen LogP contribution in [0.3, 0.4) is 0 Å². The lowest BCUT2D eigenvalue weighted by Gasteiger charge is -2.38. The van der Waals surface area contributed by atoms with E-state index in [0.717, 1.165) is 13.0 Å². The van der Waals surface area contributed by atoms with E-state index < -0.39 is 0 Å². The Labute approximate surface area is 102 Å². The topological polar surface area (TPSA) is 22.3 Å². The minimum atomic E-state index is 1.10. The Balaban J connectivity index is 1.68. The van der Waals surface area contributed by atoms with Gasteiger partial charge in [0.25, 0.3) is 0 Å². The second-order valence-electron chi connectivity index (χ2n) is 4.80. The van der Waals surface area contributed by atoms with Crippen LogP contribution in [0.2, 0.25) is 0 Å². The third-order valence-electron chi connectivity index (χ3n) is 3.69. The van der Waals surface area contributed by atoms with Gasteiger partial charge in [-0.3, -0.25) is 0 Å². The lowest BCUT2D eigenvalue weighted by atomic mass is 10.1. The van der Waals surface area contributed by atoms with Crippen molar-refractivity contribution in [1.82, 2.24) is 15.0 Å². The van der Waals surface area contributed by atoms with Gasteiger partial charge in [-0.2, -0.15) is 0 Å². The SMILES string of the molecule is CN(CCc1c[nH]c2ccccc12)N1CCC1. The molecule has 3 nitrogen and oxygen atoms in total. The number of hydrogen-bond acceptors (Lipinski definition) is 2. The van der Waals surface area contributed by atoms with E-state index in [1.807, 2.05) is 0 Å². The second-order valence-corrected chi connectivity index (χ2v) is 4.80. The van der Waals surface area contributed by atoms with Gasteiger partial charge in [-0.05, 0) is 24.5 Å². The number of nitrogens with one attached hydrogen (secondary N) is 1. The number of H-pyrrole nitrogens is 1. The number of para-hydroxylation sites is 1. The highest BCUT2D eigenvalue weighted by atomic mass is 15.6. The van der Waals surface area contributed by atoms with E-state index in [1.54, 1.807) is 0 Å². The summed E-state index contributed by atoms with van der Waals surface area (Å²) < 4.78 is 0. The number of fused-ring (bicyclic) bond motifs is 1. The molecule has 1 aliphatic rings. The molecule has 2 aromatic rings. The summed E-state index contributed by atoms with van der Waals surface area (Å²) in [6, 6.07) is 8.52. The molecular formula is C14H19N3. The summed E-state index contributed by atoms with van der Waals surface area (Å²) >= 11 is 0. The molecule has 2 heterocycles. The Hall–Kier alpha value is -1.32. The maximum atomic E-state index is 3.34. The van der Waals surface area contributed by atoms with E-state index in [4.69, 9.17) is 0 Å². The minimum absolute atomic E-state index is 1.10. The Bertz CT molecular complexity index is 499. The second kappa shape index (κ2) is 4.51. The summed E-state index contributed by atoms with van der Waals surface area (Å²) in [7, 11) is 2.19. The van der Waals surface area contributed by atoms with E-state index in [0.29, 0.717) is 0 Å². The van der Waals surface area contributed by atoms with Crippen LogP contribution >= 0.6 is 0 Å². The Kier molecular flexibility index (Phi) is 2.87. The Morgan fingerprint density at radius 1 is 1.29 bits per heavy atom. The minimum Gasteiger partial charge on any atom is -0.361 e. The molecule has 1 aromatic heterocycles. The molecule has 1 saturated heterocycles. The van der Waals surface area contributed by atoms with Crippen LogP contribution in [0.4, 0.5) is 0 Å². The van der Waals surface area contributed by atoms with Gasteiger partial charge in [0.2, 0.25) is 0 Å². The number of hydrazine groups is 1. The zero-order chi connectivity index (χ0) is 11.7. The van der Waals surface area contributed by atoms with Crippen molar-refractivity contribution in [3.05, 3.63) is 36.0 Å². The van der Waals surface area contributed by atoms with Crippen molar-refractivity contribution in [3.8, 4) is 0 Å². The van der Waals surface area contributed by atoms with Gasteiger partial charge in [0.1, 0.15) is 0 Å². The first-order valence-corrected chi connectivity index (χ1v) is 6.35. The molecule has 0 radical (unpaired) electrons. The average molecular weight is 229 g/mol. The maximum absolute atomic E-state index is 3.34. The number of nitrogens with zero attached hydrogens (tertiary/aromatic N) is 2. The lowest BCUT2D eigenvalue weighted by Crippen LogP contribution is -2.49. The molecule has 90 valence electrons. The summed E-state index contributed by atoms with van der Waals surface area (Å²) in [6.45, 7) is 3.55. The van der Waals surface area contributed by atoms with Crippen LogP contribution in [0, 0.1) is 0 Å². The van der Waals surface area contributed by atoms with E-state index in [-0.39, 0.29) is 0 Å². The van der Waals surface area contributed by atoms with Gasteiger partial charge in [-0.25, -0.2) is 10.0 Å². The van der Waals surface area contributed by atoms with Crippen LogP contribution in [0.25, 0.3) is 10.9 Å². The largest absolute Gasteiger partial charge is 0.361 e. The van der Waals surface area contributed by atoms with Crippen LogP contribution in [0.5, 0.6) is 0 Å². The molecule has 3 rings (SSSR count). The van der Waals surface area contributed by atoms with Crippen molar-refractivity contribution in [2.75, 3.05) is 26.7 Å². The molecule has 0 atom stereocenters. The van der Waals surface area contributed by atoms with Crippen molar-refractivity contribution < 1.29 is 0 Å². The first-order chi connectivity index (χ1) is 8.34. The standard InChI is InChI=1S/C14H19N3/c1-16(17-8-4-9-17)10-7-12-11-15-14-6-3-2-5-13(12)14/h2-3,5-6,11,15H,4,7-10H2,1H3. The zero-order valence-electron chi connectivity index (χ0n) is 10.3. The molecule has 1 aliphatic heterocycles. The highest BCUT2D eigenvalue weighted by molar-refractivity contribution is 5.83. The molecular weight excluding hydrogens is 210 g/mol. The number of rotatable bonds is 4. The Morgan fingerprint density at radius 3 is 2.88 bits per heavy atom. The molecule has 0 spiro atoms. The zero-order valence-corrected chi connectivity index (χ0v) is 10.3. The third-order valence-corrected chi connectivity index (χ3v) is 3.69. The molecule has 17 heavy (non-hydrogen) atoms. The number of benzene rings is 1. The first-order valence-electron chi connectivity index (χ1n) is 6.35. The number of aromatic nitrogens is 1. The van der Waals surface area contributed by atoms with E-state index >= 15 is 0 Å². The maximum Gasteiger partial charge on any atom is 0.0456 e. The summed E-state index contributed by atoms with van der Waals surface area (Å²) in [4.78, 5) is 3.34. The quantitative estimate of drug-likeness (QED) is 0.868. The van der Waals surface area contributed by atoms with Gasteiger partial charge >= 0.3 is 0 Å². The van der Waals surface area contributed by atoms with Crippen molar-refractivity contribution in [3.63, 3.8) is 0 Å². The summed E-state index contributed by atoms with van der Waals surface area (Å²) in [5, 5.41) is 6.13. The van der Waals surface area contributed by atoms with Crippen LogP contribution in [-0.4, -0.2) is 41.7 Å². The molecule has 1 aromatic carbocycles. The van der Waals surface area contributed by atoms with Crippen molar-refractivity contribution >= 4 is 10.9 Å². The van der Waals surface area contributed by atoms with Crippen molar-refractivity contribution in [1.29, 1.82) is 0 Å². The summed E-state index contributed by atoms with van der Waals surface area (Å²) in [6.07, 6.45) is 4.60. The number of hydrogen-bond donors (Lipinski definition) is 1. The van der Waals surface area contributed by atoms with Gasteiger partial charge in [-0.1, -0.05) is 18.2 Å². The smallest absolute Gasteiger partial charge is 0.0456 e. The normalized spacial score (nSPS) is 16.6. The van der Waals surface area contributed by atoms with E-state index in [2.05, 4.69) is 52.5 Å². The predicted octanol–water partition coefficient (Wildman–Crippen LogP) is 2.26. The molecule has 0 aliphatic carbocycles. The van der Waals surface area contributed by atoms with Gasteiger partial charge in [0, 0.05) is 43.8 Å². The van der Waals surface area contributed by atoms with Gasteiger partial charge in [-0.15, -0.1) is 0 Å². The highest BCUT2D eigenvalue weighted by Crippen LogP contribution is 2.18. The molecule has 0 amide bonds. The molecule has 0 unspecified atom stereocenters. The highest BCUT2D eigenvalue weighted by Gasteiger charge is 2.18. The van der Waals surface area contributed by atoms with Crippen LogP contribution < -0.4 is 0 Å². The fourth-order valence-corrected chi connectivity index (χ4v) is 2.40. The lowest BCUT2D eigenvalue weighted by molar-refractivity contribution is -0.0504. The van der Waals surface area contributed by atoms with Crippen molar-refractivity contribution in [2.45, 2.75) is 12.8 Å². The van der Waals surface area contributed by atoms with Crippen LogP contribution in [0.1, 0.15) is 12.0 Å². The summed E-state index contributed by atoms with van der Waals surface area (Å²) in [5.74, 6) is 0. The molecule has 0 bridgehead atoms. The van der Waals surface area contributed by atoms with Gasteiger partial charge < -0.3 is 4.98 Å². The monoisotopic (exact) mass is 229 g/mol. The fourth-order valence-electron chi connectivity index (χ4n) is 2.40. The fraction of sp³-hybridized carbons (Fsp3) is 0.429. The van der Waals surface area contributed by atoms with Crippen LogP contribution in [-0.2, 0) is 6.42 Å². The first kappa shape index (κ1) is 10.8.